The Labute approximate surface area is 160 Å². The number of hydrogen-bond donors (Lipinski definition) is 3. The molecule has 0 aliphatic rings. The molecule has 2 aromatic carbocycles. The van der Waals surface area contributed by atoms with Crippen LogP contribution in [0.25, 0.3) is 0 Å². The molecular weight excluding hydrogens is 342 g/mol. The summed E-state index contributed by atoms with van der Waals surface area (Å²) in [6.45, 7) is 2.33. The van der Waals surface area contributed by atoms with Crippen LogP contribution in [0.5, 0.6) is 5.75 Å². The molecule has 6 heteroatoms. The van der Waals surface area contributed by atoms with Gasteiger partial charge in [0.15, 0.2) is 0 Å². The molecule has 0 aromatic heterocycles. The van der Waals surface area contributed by atoms with Crippen molar-refractivity contribution in [2.45, 2.75) is 38.8 Å². The van der Waals surface area contributed by atoms with Crippen molar-refractivity contribution in [1.29, 1.82) is 0 Å². The van der Waals surface area contributed by atoms with Crippen LogP contribution in [0.1, 0.15) is 30.9 Å². The zero-order chi connectivity index (χ0) is 20.1. The molecule has 0 bridgehead atoms. The van der Waals surface area contributed by atoms with Crippen LogP contribution in [-0.4, -0.2) is 25.0 Å². The third-order valence-electron chi connectivity index (χ3n) is 3.88. The van der Waals surface area contributed by atoms with Crippen LogP contribution in [0.2, 0.25) is 0 Å². The molecule has 6 nitrogen and oxygen atoms in total. The minimum atomic E-state index is -0.528. The summed E-state index contributed by atoms with van der Waals surface area (Å²) in [7, 11) is 1.61. The SMILES string of the molecule is CCC(=O)NCc1cc[c]cc1OC.NC(=O)[C@H](N)CCc1ccccc1. The lowest BCUT2D eigenvalue weighted by Crippen LogP contribution is -2.36. The van der Waals surface area contributed by atoms with Gasteiger partial charge in [0.1, 0.15) is 5.75 Å². The van der Waals surface area contributed by atoms with E-state index in [0.29, 0.717) is 19.4 Å². The van der Waals surface area contributed by atoms with E-state index in [1.807, 2.05) is 43.3 Å². The maximum absolute atomic E-state index is 11.0. The van der Waals surface area contributed by atoms with Crippen molar-refractivity contribution in [1.82, 2.24) is 5.32 Å². The van der Waals surface area contributed by atoms with Gasteiger partial charge in [0.25, 0.3) is 0 Å². The molecule has 2 rings (SSSR count). The predicted octanol–water partition coefficient (Wildman–Crippen LogP) is 1.95. The van der Waals surface area contributed by atoms with E-state index in [1.54, 1.807) is 19.2 Å². The van der Waals surface area contributed by atoms with Crippen LogP contribution in [0.15, 0.2) is 48.5 Å². The number of benzene rings is 2. The first-order valence-corrected chi connectivity index (χ1v) is 8.86. The average Bonchev–Trinajstić information content (AvgIpc) is 2.71. The van der Waals surface area contributed by atoms with Gasteiger partial charge in [-0.05, 0) is 30.5 Å². The van der Waals surface area contributed by atoms with Crippen LogP contribution in [0.3, 0.4) is 0 Å². The predicted molar refractivity (Wildman–Crippen MR) is 106 cm³/mol. The summed E-state index contributed by atoms with van der Waals surface area (Å²) < 4.78 is 5.13. The van der Waals surface area contributed by atoms with Gasteiger partial charge in [-0.15, -0.1) is 0 Å². The molecule has 0 fully saturated rings. The molecule has 145 valence electrons. The molecule has 0 heterocycles. The molecule has 2 amide bonds. The minimum absolute atomic E-state index is 0.0416. The number of methoxy groups -OCH3 is 1. The number of carbonyl (C=O) groups excluding carboxylic acids is 2. The van der Waals surface area contributed by atoms with Crippen molar-refractivity contribution < 1.29 is 14.3 Å². The topological polar surface area (TPSA) is 107 Å². The number of nitrogens with one attached hydrogen (secondary N) is 1. The molecule has 0 spiro atoms. The van der Waals surface area contributed by atoms with Crippen molar-refractivity contribution in [2.75, 3.05) is 7.11 Å². The molecule has 27 heavy (non-hydrogen) atoms. The van der Waals surface area contributed by atoms with Gasteiger partial charge in [0.2, 0.25) is 11.8 Å². The van der Waals surface area contributed by atoms with Crippen LogP contribution >= 0.6 is 0 Å². The average molecular weight is 370 g/mol. The molecule has 0 aliphatic heterocycles. The number of aryl methyl sites for hydroxylation is 1. The molecular formula is C21H28N3O3. The van der Waals surface area contributed by atoms with Gasteiger partial charge in [0, 0.05) is 18.5 Å². The summed E-state index contributed by atoms with van der Waals surface area (Å²) in [6.07, 6.45) is 1.91. The highest BCUT2D eigenvalue weighted by atomic mass is 16.5. The summed E-state index contributed by atoms with van der Waals surface area (Å²) >= 11 is 0. The fourth-order valence-electron chi connectivity index (χ4n) is 2.21. The Bertz CT molecular complexity index is 705. The maximum atomic E-state index is 11.0. The first-order chi connectivity index (χ1) is 13.0. The Morgan fingerprint density at radius 1 is 1.22 bits per heavy atom. The molecule has 0 aliphatic carbocycles. The highest BCUT2D eigenvalue weighted by Gasteiger charge is 2.08. The lowest BCUT2D eigenvalue weighted by molar-refractivity contribution is -0.121. The number of ether oxygens (including phenoxy) is 1. The number of primary amides is 1. The molecule has 0 saturated carbocycles. The Morgan fingerprint density at radius 3 is 2.52 bits per heavy atom. The highest BCUT2D eigenvalue weighted by molar-refractivity contribution is 5.79. The van der Waals surface area contributed by atoms with Gasteiger partial charge in [-0.25, -0.2) is 0 Å². The van der Waals surface area contributed by atoms with Crippen molar-refractivity contribution in [3.05, 3.63) is 65.7 Å². The van der Waals surface area contributed by atoms with Crippen LogP contribution in [-0.2, 0) is 22.6 Å². The molecule has 2 aromatic rings. The monoisotopic (exact) mass is 370 g/mol. The van der Waals surface area contributed by atoms with Crippen molar-refractivity contribution >= 4 is 11.8 Å². The number of hydrogen-bond acceptors (Lipinski definition) is 4. The van der Waals surface area contributed by atoms with Crippen molar-refractivity contribution in [3.8, 4) is 5.75 Å². The maximum Gasteiger partial charge on any atom is 0.234 e. The van der Waals surface area contributed by atoms with Crippen molar-refractivity contribution in [3.63, 3.8) is 0 Å². The first kappa shape index (κ1) is 22.2. The van der Waals surface area contributed by atoms with Crippen LogP contribution < -0.4 is 21.5 Å². The second-order valence-corrected chi connectivity index (χ2v) is 5.90. The zero-order valence-corrected chi connectivity index (χ0v) is 15.9. The lowest BCUT2D eigenvalue weighted by Gasteiger charge is -2.08. The fourth-order valence-corrected chi connectivity index (χ4v) is 2.21. The zero-order valence-electron chi connectivity index (χ0n) is 15.9. The van der Waals surface area contributed by atoms with E-state index < -0.39 is 11.9 Å². The van der Waals surface area contributed by atoms with Gasteiger partial charge >= 0.3 is 0 Å². The highest BCUT2D eigenvalue weighted by Crippen LogP contribution is 2.16. The van der Waals surface area contributed by atoms with Gasteiger partial charge in [-0.1, -0.05) is 49.4 Å². The number of amides is 2. The Morgan fingerprint density at radius 2 is 1.93 bits per heavy atom. The summed E-state index contributed by atoms with van der Waals surface area (Å²) in [5.74, 6) is 0.361. The number of nitrogens with two attached hydrogens (primary N) is 2. The van der Waals surface area contributed by atoms with Gasteiger partial charge in [-0.3, -0.25) is 9.59 Å². The second kappa shape index (κ2) is 12.5. The van der Waals surface area contributed by atoms with Crippen LogP contribution in [0, 0.1) is 6.07 Å². The van der Waals surface area contributed by atoms with E-state index in [-0.39, 0.29) is 5.91 Å². The van der Waals surface area contributed by atoms with E-state index >= 15 is 0 Å². The molecule has 0 saturated heterocycles. The summed E-state index contributed by atoms with van der Waals surface area (Å²) in [5.41, 5.74) is 12.7. The largest absolute Gasteiger partial charge is 0.496 e. The minimum Gasteiger partial charge on any atom is -0.496 e. The van der Waals surface area contributed by atoms with E-state index in [4.69, 9.17) is 16.2 Å². The Kier molecular flexibility index (Phi) is 10.3. The summed E-state index contributed by atoms with van der Waals surface area (Å²) in [5, 5.41) is 2.79. The van der Waals surface area contributed by atoms with Crippen molar-refractivity contribution in [2.24, 2.45) is 11.5 Å². The number of carbonyl (C=O) groups is 2. The Balaban J connectivity index is 0.000000271. The Hall–Kier alpha value is -2.86. The smallest absolute Gasteiger partial charge is 0.234 e. The molecule has 5 N–H and O–H groups in total. The normalized spacial score (nSPS) is 10.9. The quantitative estimate of drug-likeness (QED) is 0.660. The lowest BCUT2D eigenvalue weighted by atomic mass is 10.1. The van der Waals surface area contributed by atoms with E-state index in [1.165, 1.54) is 5.56 Å². The second-order valence-electron chi connectivity index (χ2n) is 5.90. The molecule has 1 radical (unpaired) electrons. The summed E-state index contributed by atoms with van der Waals surface area (Å²) in [4.78, 5) is 21.6. The van der Waals surface area contributed by atoms with E-state index in [2.05, 4.69) is 11.4 Å². The summed E-state index contributed by atoms with van der Waals surface area (Å²) in [6, 6.07) is 17.7. The first-order valence-electron chi connectivity index (χ1n) is 8.86. The van der Waals surface area contributed by atoms with E-state index in [9.17, 15) is 9.59 Å². The van der Waals surface area contributed by atoms with Gasteiger partial charge < -0.3 is 21.5 Å². The molecule has 0 unspecified atom stereocenters. The third-order valence-corrected chi connectivity index (χ3v) is 3.88. The van der Waals surface area contributed by atoms with Gasteiger partial charge in [-0.2, -0.15) is 0 Å². The van der Waals surface area contributed by atoms with Crippen LogP contribution in [0.4, 0.5) is 0 Å². The standard InChI is InChI=1S/C11H14NO2.C10H14N2O/c1-3-11(13)12-8-9-6-4-5-7-10(9)14-2;11-9(10(12)13)7-6-8-4-2-1-3-5-8/h4,6-7H,3,8H2,1-2H3,(H,12,13);1-5,9H,6-7,11H2,(H2,12,13)/t;9-/m.1/s1. The van der Waals surface area contributed by atoms with Gasteiger partial charge in [0.05, 0.1) is 13.2 Å². The van der Waals surface area contributed by atoms with E-state index in [0.717, 1.165) is 17.7 Å². The third kappa shape index (κ3) is 8.87. The fraction of sp³-hybridized carbons (Fsp3) is 0.333. The molecule has 1 atom stereocenters. The number of rotatable bonds is 8.